The largest absolute Gasteiger partial charge is 0.0622 e. The van der Waals surface area contributed by atoms with Crippen LogP contribution >= 0.6 is 0 Å². The molecule has 3 aromatic carbocycles. The van der Waals surface area contributed by atoms with E-state index in [0.29, 0.717) is 0 Å². The Morgan fingerprint density at radius 3 is 1.09 bits per heavy atom. The van der Waals surface area contributed by atoms with Crippen molar-refractivity contribution in [2.45, 2.75) is 13.8 Å². The topological polar surface area (TPSA) is 0 Å². The van der Waals surface area contributed by atoms with Crippen molar-refractivity contribution in [2.75, 3.05) is 0 Å². The molecule has 0 aliphatic heterocycles. The molecular weight excluding hydrogens is 264 g/mol. The van der Waals surface area contributed by atoms with Gasteiger partial charge in [0, 0.05) is 0 Å². The van der Waals surface area contributed by atoms with Gasteiger partial charge in [-0.2, -0.15) is 0 Å². The highest BCUT2D eigenvalue weighted by molar-refractivity contribution is 5.69. The number of rotatable bonds is 2. The van der Waals surface area contributed by atoms with E-state index in [1.165, 1.54) is 22.3 Å². The van der Waals surface area contributed by atoms with Crippen LogP contribution in [0.4, 0.5) is 0 Å². The van der Waals surface area contributed by atoms with Crippen LogP contribution in [-0.4, -0.2) is 0 Å². The van der Waals surface area contributed by atoms with E-state index in [1.54, 1.807) is 0 Å². The second-order valence-electron chi connectivity index (χ2n) is 5.24. The predicted molar refractivity (Wildman–Crippen MR) is 97.7 cm³/mol. The van der Waals surface area contributed by atoms with Crippen LogP contribution in [0.15, 0.2) is 84.9 Å². The van der Waals surface area contributed by atoms with Crippen molar-refractivity contribution in [1.29, 1.82) is 0 Å². The number of hydrogen-bond acceptors (Lipinski definition) is 0. The quantitative estimate of drug-likeness (QED) is 0.495. The maximum Gasteiger partial charge on any atom is -0.0256 e. The maximum atomic E-state index is 2.12. The summed E-state index contributed by atoms with van der Waals surface area (Å²) in [5, 5.41) is 0. The van der Waals surface area contributed by atoms with Crippen LogP contribution in [0.2, 0.25) is 0 Å². The third-order valence-corrected chi connectivity index (χ3v) is 3.49. The zero-order chi connectivity index (χ0) is 15.6. The van der Waals surface area contributed by atoms with Gasteiger partial charge in [-0.3, -0.25) is 0 Å². The zero-order valence-corrected chi connectivity index (χ0v) is 13.2. The van der Waals surface area contributed by atoms with E-state index in [4.69, 9.17) is 0 Å². The van der Waals surface area contributed by atoms with Gasteiger partial charge in [-0.05, 0) is 36.1 Å². The highest BCUT2D eigenvalue weighted by atomic mass is 13.9. The predicted octanol–water partition coefficient (Wildman–Crippen LogP) is 6.16. The molecular formula is C22H22. The molecule has 0 spiro atoms. The third kappa shape index (κ3) is 5.41. The van der Waals surface area contributed by atoms with Crippen LogP contribution in [-0.2, 0) is 0 Å². The summed E-state index contributed by atoms with van der Waals surface area (Å²) < 4.78 is 0. The first-order valence-corrected chi connectivity index (χ1v) is 7.56. The molecule has 0 amide bonds. The van der Waals surface area contributed by atoms with Crippen LogP contribution in [0.3, 0.4) is 0 Å². The molecule has 0 N–H and O–H groups in total. The molecule has 0 saturated carbocycles. The van der Waals surface area contributed by atoms with E-state index in [9.17, 15) is 0 Å². The summed E-state index contributed by atoms with van der Waals surface area (Å²) in [6, 6.07) is 29.0. The van der Waals surface area contributed by atoms with E-state index < -0.39 is 0 Å². The number of benzene rings is 3. The minimum absolute atomic E-state index is 1.23. The van der Waals surface area contributed by atoms with Crippen LogP contribution < -0.4 is 0 Å². The molecule has 22 heavy (non-hydrogen) atoms. The molecule has 0 bridgehead atoms. The van der Waals surface area contributed by atoms with Crippen molar-refractivity contribution in [3.05, 3.63) is 107 Å². The lowest BCUT2D eigenvalue weighted by atomic mass is 10.1. The molecule has 0 heteroatoms. The molecule has 0 nitrogen and oxygen atoms in total. The summed E-state index contributed by atoms with van der Waals surface area (Å²) in [7, 11) is 0. The van der Waals surface area contributed by atoms with Crippen molar-refractivity contribution in [2.24, 2.45) is 0 Å². The normalized spacial score (nSPS) is 10.1. The van der Waals surface area contributed by atoms with Gasteiger partial charge >= 0.3 is 0 Å². The van der Waals surface area contributed by atoms with E-state index >= 15 is 0 Å². The summed E-state index contributed by atoms with van der Waals surface area (Å²) in [5.74, 6) is 0. The average molecular weight is 286 g/mol. The molecule has 0 aliphatic rings. The molecule has 0 atom stereocenters. The molecule has 3 aromatic rings. The Hall–Kier alpha value is -2.60. The highest BCUT2D eigenvalue weighted by Crippen LogP contribution is 2.07. The molecule has 3 rings (SSSR count). The van der Waals surface area contributed by atoms with Crippen molar-refractivity contribution < 1.29 is 0 Å². The zero-order valence-electron chi connectivity index (χ0n) is 13.2. The summed E-state index contributed by atoms with van der Waals surface area (Å²) >= 11 is 0. The van der Waals surface area contributed by atoms with Crippen molar-refractivity contribution in [3.63, 3.8) is 0 Å². The fourth-order valence-electron chi connectivity index (χ4n) is 1.98. The fraction of sp³-hybridized carbons (Fsp3) is 0.0909. The standard InChI is InChI=1S/C14H12.C8H10/c1-3-7-13(8-4-1)11-12-14-9-5-2-6-10-14;1-7-5-3-4-6-8(7)2/h1-12H;3-6H,1-2H3. The second-order valence-corrected chi connectivity index (χ2v) is 5.24. The van der Waals surface area contributed by atoms with E-state index in [2.05, 4.69) is 74.5 Å². The van der Waals surface area contributed by atoms with Gasteiger partial charge in [-0.1, -0.05) is 97.1 Å². The van der Waals surface area contributed by atoms with Gasteiger partial charge in [0.1, 0.15) is 0 Å². The first-order chi connectivity index (χ1) is 10.8. The minimum atomic E-state index is 1.23. The van der Waals surface area contributed by atoms with Gasteiger partial charge in [0.2, 0.25) is 0 Å². The Balaban J connectivity index is 0.000000188. The van der Waals surface area contributed by atoms with E-state index in [1.807, 2.05) is 36.4 Å². The van der Waals surface area contributed by atoms with Gasteiger partial charge in [0.05, 0.1) is 0 Å². The Morgan fingerprint density at radius 2 is 0.773 bits per heavy atom. The monoisotopic (exact) mass is 286 g/mol. The van der Waals surface area contributed by atoms with Gasteiger partial charge in [0.15, 0.2) is 0 Å². The lowest BCUT2D eigenvalue weighted by molar-refractivity contribution is 1.34. The summed E-state index contributed by atoms with van der Waals surface area (Å²) in [6.07, 6.45) is 4.24. The summed E-state index contributed by atoms with van der Waals surface area (Å²) in [5.41, 5.74) is 5.20. The van der Waals surface area contributed by atoms with Crippen LogP contribution in [0.1, 0.15) is 22.3 Å². The molecule has 0 heterocycles. The molecule has 0 aromatic heterocycles. The van der Waals surface area contributed by atoms with Gasteiger partial charge in [-0.15, -0.1) is 0 Å². The van der Waals surface area contributed by atoms with Crippen molar-refractivity contribution in [3.8, 4) is 0 Å². The molecule has 0 radical (unpaired) electrons. The molecule has 0 fully saturated rings. The van der Waals surface area contributed by atoms with Crippen LogP contribution in [0.25, 0.3) is 12.2 Å². The Kier molecular flexibility index (Phi) is 6.19. The summed E-state index contributed by atoms with van der Waals surface area (Å²) in [6.45, 7) is 4.24. The maximum absolute atomic E-state index is 2.12. The molecule has 0 unspecified atom stereocenters. The lowest BCUT2D eigenvalue weighted by Gasteiger charge is -1.93. The fourth-order valence-corrected chi connectivity index (χ4v) is 1.98. The Morgan fingerprint density at radius 1 is 0.455 bits per heavy atom. The number of hydrogen-bond donors (Lipinski definition) is 0. The third-order valence-electron chi connectivity index (χ3n) is 3.49. The van der Waals surface area contributed by atoms with Gasteiger partial charge in [0.25, 0.3) is 0 Å². The molecule has 0 aliphatic carbocycles. The molecule has 0 saturated heterocycles. The first-order valence-electron chi connectivity index (χ1n) is 7.56. The van der Waals surface area contributed by atoms with Crippen LogP contribution in [0, 0.1) is 13.8 Å². The second kappa shape index (κ2) is 8.63. The number of aryl methyl sites for hydroxylation is 2. The Bertz CT molecular complexity index is 632. The Labute approximate surface area is 133 Å². The van der Waals surface area contributed by atoms with Crippen molar-refractivity contribution >= 4 is 12.2 Å². The van der Waals surface area contributed by atoms with Crippen molar-refractivity contribution in [1.82, 2.24) is 0 Å². The van der Waals surface area contributed by atoms with Gasteiger partial charge in [-0.25, -0.2) is 0 Å². The van der Waals surface area contributed by atoms with E-state index in [0.717, 1.165) is 0 Å². The van der Waals surface area contributed by atoms with Gasteiger partial charge < -0.3 is 0 Å². The minimum Gasteiger partial charge on any atom is -0.0622 e. The summed E-state index contributed by atoms with van der Waals surface area (Å²) in [4.78, 5) is 0. The average Bonchev–Trinajstić information content (AvgIpc) is 2.58. The smallest absolute Gasteiger partial charge is 0.0256 e. The lowest BCUT2D eigenvalue weighted by Crippen LogP contribution is -1.74. The SMILES string of the molecule is C(=Cc1ccccc1)c1ccccc1.Cc1ccccc1C. The molecule has 110 valence electrons. The van der Waals surface area contributed by atoms with Crippen LogP contribution in [0.5, 0.6) is 0 Å². The highest BCUT2D eigenvalue weighted by Gasteiger charge is 1.85. The first kappa shape index (κ1) is 15.8. The van der Waals surface area contributed by atoms with E-state index in [-0.39, 0.29) is 0 Å².